The van der Waals surface area contributed by atoms with Crippen molar-refractivity contribution in [1.29, 1.82) is 0 Å². The highest BCUT2D eigenvalue weighted by Gasteiger charge is 2.16. The van der Waals surface area contributed by atoms with Gasteiger partial charge in [0.25, 0.3) is 5.91 Å². The summed E-state index contributed by atoms with van der Waals surface area (Å²) in [4.78, 5) is 16.2. The molecule has 0 aliphatic heterocycles. The van der Waals surface area contributed by atoms with E-state index in [9.17, 15) is 4.79 Å². The summed E-state index contributed by atoms with van der Waals surface area (Å²) in [6, 6.07) is 8.88. The molecule has 5 nitrogen and oxygen atoms in total. The summed E-state index contributed by atoms with van der Waals surface area (Å²) in [5, 5.41) is 2.90. The zero-order valence-corrected chi connectivity index (χ0v) is 11.5. The molecule has 0 spiro atoms. The number of benzene rings is 1. The number of carbonyl (C=O) groups is 1. The number of aromatic nitrogens is 1. The molecule has 0 saturated heterocycles. The molecule has 104 valence electrons. The van der Waals surface area contributed by atoms with Gasteiger partial charge in [0.05, 0.1) is 24.9 Å². The monoisotopic (exact) mass is 271 g/mol. The first-order chi connectivity index (χ1) is 9.63. The van der Waals surface area contributed by atoms with E-state index in [-0.39, 0.29) is 11.9 Å². The molecule has 2 aromatic rings. The van der Waals surface area contributed by atoms with E-state index in [4.69, 9.17) is 10.5 Å². The van der Waals surface area contributed by atoms with Crippen LogP contribution in [0.1, 0.15) is 28.9 Å². The number of nitrogens with zero attached hydrogens (tertiary/aromatic N) is 1. The van der Waals surface area contributed by atoms with E-state index >= 15 is 0 Å². The van der Waals surface area contributed by atoms with Gasteiger partial charge in [0, 0.05) is 11.9 Å². The van der Waals surface area contributed by atoms with Crippen LogP contribution in [-0.2, 0) is 0 Å². The number of pyridine rings is 1. The maximum atomic E-state index is 12.3. The van der Waals surface area contributed by atoms with Crippen molar-refractivity contribution in [3.63, 3.8) is 0 Å². The second kappa shape index (κ2) is 6.06. The number of amides is 1. The predicted molar refractivity (Wildman–Crippen MR) is 77.5 cm³/mol. The van der Waals surface area contributed by atoms with Gasteiger partial charge in [-0.1, -0.05) is 18.2 Å². The molecule has 0 saturated carbocycles. The zero-order valence-electron chi connectivity index (χ0n) is 11.5. The zero-order chi connectivity index (χ0) is 14.5. The van der Waals surface area contributed by atoms with Crippen LogP contribution >= 0.6 is 0 Å². The summed E-state index contributed by atoms with van der Waals surface area (Å²) >= 11 is 0. The van der Waals surface area contributed by atoms with Crippen LogP contribution in [-0.4, -0.2) is 18.0 Å². The van der Waals surface area contributed by atoms with Crippen LogP contribution in [0.25, 0.3) is 0 Å². The lowest BCUT2D eigenvalue weighted by Crippen LogP contribution is -2.27. The number of nitrogens with one attached hydrogen (secondary N) is 1. The lowest BCUT2D eigenvalue weighted by Gasteiger charge is -2.17. The van der Waals surface area contributed by atoms with Crippen LogP contribution in [0.15, 0.2) is 42.7 Å². The Balaban J connectivity index is 2.18. The van der Waals surface area contributed by atoms with Crippen LogP contribution in [0.5, 0.6) is 5.75 Å². The van der Waals surface area contributed by atoms with Crippen molar-refractivity contribution >= 4 is 11.6 Å². The van der Waals surface area contributed by atoms with E-state index in [1.807, 2.05) is 31.2 Å². The molecule has 1 amide bonds. The minimum atomic E-state index is -0.222. The molecule has 0 fully saturated rings. The molecule has 0 aliphatic rings. The van der Waals surface area contributed by atoms with Crippen molar-refractivity contribution in [2.45, 2.75) is 13.0 Å². The number of ether oxygens (including phenoxy) is 1. The Morgan fingerprint density at radius 2 is 2.10 bits per heavy atom. The van der Waals surface area contributed by atoms with Crippen molar-refractivity contribution in [2.75, 3.05) is 12.8 Å². The highest BCUT2D eigenvalue weighted by atomic mass is 16.5. The van der Waals surface area contributed by atoms with Gasteiger partial charge in [0.15, 0.2) is 0 Å². The Bertz CT molecular complexity index is 614. The number of anilines is 1. The highest BCUT2D eigenvalue weighted by molar-refractivity contribution is 5.97. The van der Waals surface area contributed by atoms with E-state index in [1.165, 1.54) is 13.3 Å². The molecule has 1 aromatic heterocycles. The predicted octanol–water partition coefficient (Wildman–Crippen LogP) is 2.16. The third-order valence-corrected chi connectivity index (χ3v) is 3.06. The third kappa shape index (κ3) is 2.88. The Kier molecular flexibility index (Phi) is 4.20. The standard InChI is InChI=1S/C15H17N3O2/c1-10(11-5-3-4-6-13(11)16)18-15(19)12-7-8-17-9-14(12)20-2/h3-10H,16H2,1-2H3,(H,18,19). The van der Waals surface area contributed by atoms with Crippen molar-refractivity contribution in [1.82, 2.24) is 10.3 Å². The van der Waals surface area contributed by atoms with Crippen LogP contribution in [0.4, 0.5) is 5.69 Å². The van der Waals surface area contributed by atoms with Gasteiger partial charge in [-0.2, -0.15) is 0 Å². The summed E-state index contributed by atoms with van der Waals surface area (Å²) in [6.07, 6.45) is 3.06. The van der Waals surface area contributed by atoms with Gasteiger partial charge in [0.1, 0.15) is 5.75 Å². The summed E-state index contributed by atoms with van der Waals surface area (Å²) < 4.78 is 5.13. The number of hydrogen-bond donors (Lipinski definition) is 2. The number of nitrogen functional groups attached to an aromatic ring is 1. The molecule has 20 heavy (non-hydrogen) atoms. The molecule has 3 N–H and O–H groups in total. The van der Waals surface area contributed by atoms with Crippen LogP contribution in [0, 0.1) is 0 Å². The first-order valence-corrected chi connectivity index (χ1v) is 6.26. The van der Waals surface area contributed by atoms with Crippen molar-refractivity contribution < 1.29 is 9.53 Å². The van der Waals surface area contributed by atoms with E-state index < -0.39 is 0 Å². The van der Waals surface area contributed by atoms with Gasteiger partial charge in [0.2, 0.25) is 0 Å². The number of methoxy groups -OCH3 is 1. The van der Waals surface area contributed by atoms with Crippen molar-refractivity contribution in [3.8, 4) is 5.75 Å². The second-order valence-electron chi connectivity index (χ2n) is 4.40. The average molecular weight is 271 g/mol. The fourth-order valence-electron chi connectivity index (χ4n) is 1.99. The highest BCUT2D eigenvalue weighted by Crippen LogP contribution is 2.21. The first-order valence-electron chi connectivity index (χ1n) is 6.26. The summed E-state index contributed by atoms with van der Waals surface area (Å²) in [6.45, 7) is 1.89. The average Bonchev–Trinajstić information content (AvgIpc) is 2.47. The van der Waals surface area contributed by atoms with Gasteiger partial charge in [-0.25, -0.2) is 0 Å². The molecule has 1 heterocycles. The molecular weight excluding hydrogens is 254 g/mol. The second-order valence-corrected chi connectivity index (χ2v) is 4.40. The van der Waals surface area contributed by atoms with Gasteiger partial charge in [-0.05, 0) is 24.6 Å². The van der Waals surface area contributed by atoms with E-state index in [1.54, 1.807) is 12.3 Å². The molecule has 0 bridgehead atoms. The lowest BCUT2D eigenvalue weighted by molar-refractivity contribution is 0.0937. The number of hydrogen-bond acceptors (Lipinski definition) is 4. The van der Waals surface area contributed by atoms with Crippen LogP contribution in [0.2, 0.25) is 0 Å². The topological polar surface area (TPSA) is 77.2 Å². The molecule has 0 aliphatic carbocycles. The Labute approximate surface area is 117 Å². The molecule has 1 atom stereocenters. The van der Waals surface area contributed by atoms with Crippen molar-refractivity contribution in [2.24, 2.45) is 0 Å². The Morgan fingerprint density at radius 1 is 1.35 bits per heavy atom. The fourth-order valence-corrected chi connectivity index (χ4v) is 1.99. The molecule has 1 unspecified atom stereocenters. The SMILES string of the molecule is COc1cnccc1C(=O)NC(C)c1ccccc1N. The van der Waals surface area contributed by atoms with E-state index in [2.05, 4.69) is 10.3 Å². The maximum absolute atomic E-state index is 12.3. The van der Waals surface area contributed by atoms with E-state index in [0.29, 0.717) is 17.0 Å². The number of carbonyl (C=O) groups excluding carboxylic acids is 1. The van der Waals surface area contributed by atoms with Gasteiger partial charge >= 0.3 is 0 Å². The molecule has 2 rings (SSSR count). The van der Waals surface area contributed by atoms with Gasteiger partial charge in [-0.15, -0.1) is 0 Å². The summed E-state index contributed by atoms with van der Waals surface area (Å²) in [7, 11) is 1.51. The summed E-state index contributed by atoms with van der Waals surface area (Å²) in [5.74, 6) is 0.221. The number of rotatable bonds is 4. The lowest BCUT2D eigenvalue weighted by atomic mass is 10.1. The normalized spacial score (nSPS) is 11.7. The third-order valence-electron chi connectivity index (χ3n) is 3.06. The van der Waals surface area contributed by atoms with Crippen LogP contribution < -0.4 is 15.8 Å². The molecule has 0 radical (unpaired) electrons. The van der Waals surface area contributed by atoms with Crippen molar-refractivity contribution in [3.05, 3.63) is 53.9 Å². The molecule has 5 heteroatoms. The molecular formula is C15H17N3O2. The Morgan fingerprint density at radius 3 is 2.80 bits per heavy atom. The molecule has 1 aromatic carbocycles. The minimum absolute atomic E-state index is 0.193. The van der Waals surface area contributed by atoms with Gasteiger partial charge in [-0.3, -0.25) is 9.78 Å². The summed E-state index contributed by atoms with van der Waals surface area (Å²) in [5.41, 5.74) is 7.89. The smallest absolute Gasteiger partial charge is 0.255 e. The van der Waals surface area contributed by atoms with Gasteiger partial charge < -0.3 is 15.8 Å². The number of para-hydroxylation sites is 1. The first kappa shape index (κ1) is 13.9. The largest absolute Gasteiger partial charge is 0.494 e. The van der Waals surface area contributed by atoms with E-state index in [0.717, 1.165) is 5.56 Å². The number of nitrogens with two attached hydrogens (primary N) is 1. The minimum Gasteiger partial charge on any atom is -0.494 e. The maximum Gasteiger partial charge on any atom is 0.255 e. The van der Waals surface area contributed by atoms with Crippen LogP contribution in [0.3, 0.4) is 0 Å². The quantitative estimate of drug-likeness (QED) is 0.835. The Hall–Kier alpha value is -2.56. The fraction of sp³-hybridized carbons (Fsp3) is 0.200.